The fraction of sp³-hybridized carbons (Fsp3) is 0.455. The molecule has 1 aromatic carbocycles. The van der Waals surface area contributed by atoms with E-state index in [1.165, 1.54) is 4.88 Å². The van der Waals surface area contributed by atoms with E-state index in [9.17, 15) is 4.79 Å². The van der Waals surface area contributed by atoms with Crippen molar-refractivity contribution in [1.29, 1.82) is 0 Å². The van der Waals surface area contributed by atoms with E-state index in [1.807, 2.05) is 18.2 Å². The maximum absolute atomic E-state index is 12.1. The normalized spacial score (nSPS) is 14.5. The Kier molecular flexibility index (Phi) is 8.95. The summed E-state index contributed by atoms with van der Waals surface area (Å²) < 4.78 is 0. The van der Waals surface area contributed by atoms with E-state index in [-0.39, 0.29) is 41.2 Å². The second-order valence-corrected chi connectivity index (χ2v) is 8.91. The van der Waals surface area contributed by atoms with E-state index in [4.69, 9.17) is 0 Å². The highest BCUT2D eigenvalue weighted by molar-refractivity contribution is 14.0. The molecular weight excluding hydrogens is 495 g/mol. The minimum absolute atomic E-state index is 0. The van der Waals surface area contributed by atoms with Gasteiger partial charge >= 0.3 is 0 Å². The molecule has 0 atom stereocenters. The average Bonchev–Trinajstić information content (AvgIpc) is 3.16. The Morgan fingerprint density at radius 3 is 2.62 bits per heavy atom. The number of nitrogens with zero attached hydrogens (tertiary/aromatic N) is 1. The van der Waals surface area contributed by atoms with Crippen LogP contribution in [-0.4, -0.2) is 25.5 Å². The lowest BCUT2D eigenvalue weighted by molar-refractivity contribution is -0.122. The van der Waals surface area contributed by atoms with E-state index in [0.29, 0.717) is 6.54 Å². The van der Waals surface area contributed by atoms with Crippen LogP contribution in [0.5, 0.6) is 0 Å². The van der Waals surface area contributed by atoms with Gasteiger partial charge in [0.05, 0.1) is 0 Å². The molecule has 1 aliphatic carbocycles. The molecule has 2 aromatic rings. The van der Waals surface area contributed by atoms with Gasteiger partial charge in [-0.3, -0.25) is 9.79 Å². The van der Waals surface area contributed by atoms with Crippen LogP contribution in [0.1, 0.15) is 43.6 Å². The van der Waals surface area contributed by atoms with Crippen LogP contribution in [0.25, 0.3) is 0 Å². The summed E-state index contributed by atoms with van der Waals surface area (Å²) in [6.45, 7) is 5.90. The largest absolute Gasteiger partial charge is 0.356 e. The molecule has 0 radical (unpaired) electrons. The number of nitrogens with one attached hydrogen (secondary N) is 3. The zero-order valence-electron chi connectivity index (χ0n) is 17.3. The summed E-state index contributed by atoms with van der Waals surface area (Å²) in [5, 5.41) is 11.9. The van der Waals surface area contributed by atoms with Gasteiger partial charge in [-0.25, -0.2) is 0 Å². The standard InChI is InChI=1S/C22H30N4OS.HI/c1-22(2,19-11-6-12-28-19)15-25-21(23-3)24-14-16-7-4-10-18(13-16)26-20(27)17-8-5-9-17;/h4,6-7,10-13,17H,5,8-9,14-15H2,1-3H3,(H,26,27)(H2,23,24,25);1H. The number of halogens is 1. The van der Waals surface area contributed by atoms with Crippen molar-refractivity contribution in [3.63, 3.8) is 0 Å². The quantitative estimate of drug-likeness (QED) is 0.277. The lowest BCUT2D eigenvalue weighted by Crippen LogP contribution is -2.42. The van der Waals surface area contributed by atoms with Gasteiger partial charge in [0.25, 0.3) is 0 Å². The molecule has 1 saturated carbocycles. The minimum atomic E-state index is 0. The molecule has 29 heavy (non-hydrogen) atoms. The molecule has 1 aliphatic rings. The highest BCUT2D eigenvalue weighted by Gasteiger charge is 2.25. The number of thiophene rings is 1. The zero-order chi connectivity index (χ0) is 20.0. The molecule has 5 nitrogen and oxygen atoms in total. The number of benzene rings is 1. The van der Waals surface area contributed by atoms with Crippen LogP contribution < -0.4 is 16.0 Å². The molecule has 158 valence electrons. The number of guanidine groups is 1. The zero-order valence-corrected chi connectivity index (χ0v) is 20.5. The number of carbonyl (C=O) groups excluding carboxylic acids is 1. The predicted octanol–water partition coefficient (Wildman–Crippen LogP) is 4.75. The summed E-state index contributed by atoms with van der Waals surface area (Å²) in [5.41, 5.74) is 2.00. The lowest BCUT2D eigenvalue weighted by atomic mass is 9.85. The van der Waals surface area contributed by atoms with Crippen molar-refractivity contribution in [2.75, 3.05) is 18.9 Å². The SMILES string of the molecule is CN=C(NCc1cccc(NC(=O)C2CCC2)c1)NCC(C)(C)c1cccs1.I. The number of hydrogen-bond donors (Lipinski definition) is 3. The monoisotopic (exact) mass is 526 g/mol. The van der Waals surface area contributed by atoms with E-state index in [0.717, 1.165) is 43.0 Å². The van der Waals surface area contributed by atoms with Gasteiger partial charge in [-0.05, 0) is 42.0 Å². The maximum Gasteiger partial charge on any atom is 0.227 e. The number of carbonyl (C=O) groups is 1. The molecule has 0 spiro atoms. The van der Waals surface area contributed by atoms with Crippen LogP contribution in [0.3, 0.4) is 0 Å². The van der Waals surface area contributed by atoms with Crippen LogP contribution in [0, 0.1) is 5.92 Å². The second kappa shape index (κ2) is 11.0. The smallest absolute Gasteiger partial charge is 0.227 e. The first-order valence-electron chi connectivity index (χ1n) is 9.86. The Balaban J connectivity index is 0.00000300. The summed E-state index contributed by atoms with van der Waals surface area (Å²) >= 11 is 1.78. The molecule has 1 heterocycles. The number of amides is 1. The maximum atomic E-state index is 12.1. The second-order valence-electron chi connectivity index (χ2n) is 7.96. The summed E-state index contributed by atoms with van der Waals surface area (Å²) in [6, 6.07) is 12.2. The van der Waals surface area contributed by atoms with Crippen molar-refractivity contribution in [1.82, 2.24) is 10.6 Å². The van der Waals surface area contributed by atoms with E-state index >= 15 is 0 Å². The van der Waals surface area contributed by atoms with E-state index in [2.05, 4.69) is 58.4 Å². The molecule has 7 heteroatoms. The first-order chi connectivity index (χ1) is 13.5. The summed E-state index contributed by atoms with van der Waals surface area (Å²) in [7, 11) is 1.78. The van der Waals surface area contributed by atoms with Gasteiger partial charge in [-0.1, -0.05) is 38.5 Å². The van der Waals surface area contributed by atoms with Crippen LogP contribution >= 0.6 is 35.3 Å². The van der Waals surface area contributed by atoms with E-state index in [1.54, 1.807) is 18.4 Å². The number of rotatable bonds is 7. The third-order valence-electron chi connectivity index (χ3n) is 5.24. The molecule has 0 aliphatic heterocycles. The first kappa shape index (κ1) is 23.7. The molecule has 1 amide bonds. The van der Waals surface area contributed by atoms with Crippen LogP contribution in [0.2, 0.25) is 0 Å². The molecule has 0 bridgehead atoms. The van der Waals surface area contributed by atoms with Gasteiger partial charge in [-0.15, -0.1) is 35.3 Å². The highest BCUT2D eigenvalue weighted by atomic mass is 127. The average molecular weight is 526 g/mol. The third kappa shape index (κ3) is 6.70. The van der Waals surface area contributed by atoms with Gasteiger partial charge in [0, 0.05) is 42.0 Å². The Labute approximate surface area is 194 Å². The Bertz CT molecular complexity index is 816. The van der Waals surface area contributed by atoms with Crippen LogP contribution in [0.15, 0.2) is 46.8 Å². The van der Waals surface area contributed by atoms with Crippen molar-refractivity contribution in [2.45, 2.75) is 45.1 Å². The molecule has 0 unspecified atom stereocenters. The summed E-state index contributed by atoms with van der Waals surface area (Å²) in [6.07, 6.45) is 3.19. The first-order valence-corrected chi connectivity index (χ1v) is 10.7. The minimum Gasteiger partial charge on any atom is -0.356 e. The number of anilines is 1. The van der Waals surface area contributed by atoms with Crippen molar-refractivity contribution < 1.29 is 4.79 Å². The summed E-state index contributed by atoms with van der Waals surface area (Å²) in [5.74, 6) is 1.11. The number of hydrogen-bond acceptors (Lipinski definition) is 3. The van der Waals surface area contributed by atoms with Crippen LogP contribution in [0.4, 0.5) is 5.69 Å². The number of aliphatic imine (C=N–C) groups is 1. The van der Waals surface area contributed by atoms with Crippen molar-refractivity contribution in [2.24, 2.45) is 10.9 Å². The molecule has 0 saturated heterocycles. The topological polar surface area (TPSA) is 65.5 Å². The third-order valence-corrected chi connectivity index (χ3v) is 6.48. The molecule has 1 aromatic heterocycles. The lowest BCUT2D eigenvalue weighted by Gasteiger charge is -2.25. The Hall–Kier alpha value is -1.61. The van der Waals surface area contributed by atoms with Crippen molar-refractivity contribution in [3.8, 4) is 0 Å². The summed E-state index contributed by atoms with van der Waals surface area (Å²) in [4.78, 5) is 17.8. The van der Waals surface area contributed by atoms with Gasteiger partial charge < -0.3 is 16.0 Å². The van der Waals surface area contributed by atoms with Gasteiger partial charge in [-0.2, -0.15) is 0 Å². The van der Waals surface area contributed by atoms with Crippen molar-refractivity contribution in [3.05, 3.63) is 52.2 Å². The highest BCUT2D eigenvalue weighted by Crippen LogP contribution is 2.28. The molecular formula is C22H31IN4OS. The van der Waals surface area contributed by atoms with Crippen molar-refractivity contribution >= 4 is 52.9 Å². The van der Waals surface area contributed by atoms with E-state index < -0.39 is 0 Å². The van der Waals surface area contributed by atoms with Gasteiger partial charge in [0.15, 0.2) is 5.96 Å². The fourth-order valence-electron chi connectivity index (χ4n) is 3.14. The molecule has 3 N–H and O–H groups in total. The Morgan fingerprint density at radius 1 is 1.21 bits per heavy atom. The predicted molar refractivity (Wildman–Crippen MR) is 133 cm³/mol. The van der Waals surface area contributed by atoms with Gasteiger partial charge in [0.1, 0.15) is 0 Å². The fourth-order valence-corrected chi connectivity index (χ4v) is 3.99. The van der Waals surface area contributed by atoms with Gasteiger partial charge in [0.2, 0.25) is 5.91 Å². The Morgan fingerprint density at radius 2 is 2.00 bits per heavy atom. The molecule has 1 fully saturated rings. The van der Waals surface area contributed by atoms with Crippen LogP contribution in [-0.2, 0) is 16.8 Å². The molecule has 3 rings (SSSR count).